The van der Waals surface area contributed by atoms with E-state index in [2.05, 4.69) is 26.1 Å². The first-order chi connectivity index (χ1) is 6.68. The summed E-state index contributed by atoms with van der Waals surface area (Å²) in [6.45, 7) is 9.68. The number of rotatable bonds is 8. The summed E-state index contributed by atoms with van der Waals surface area (Å²) in [5, 5.41) is 3.55. The van der Waals surface area contributed by atoms with Crippen molar-refractivity contribution < 1.29 is 4.74 Å². The third-order valence-electron chi connectivity index (χ3n) is 2.54. The summed E-state index contributed by atoms with van der Waals surface area (Å²) >= 11 is 0. The Morgan fingerprint density at radius 3 is 2.57 bits per heavy atom. The molecule has 2 nitrogen and oxygen atoms in total. The van der Waals surface area contributed by atoms with Crippen LogP contribution in [0.4, 0.5) is 0 Å². The Bertz CT molecular complexity index is 143. The van der Waals surface area contributed by atoms with Crippen molar-refractivity contribution in [2.45, 2.75) is 46.1 Å². The smallest absolute Gasteiger partial charge is 0.0488 e. The van der Waals surface area contributed by atoms with Gasteiger partial charge in [0.15, 0.2) is 0 Å². The van der Waals surface area contributed by atoms with Crippen LogP contribution in [0.1, 0.15) is 40.0 Å². The van der Waals surface area contributed by atoms with E-state index in [-0.39, 0.29) is 0 Å². The number of ether oxygens (including phenoxy) is 1. The molecular weight excluding hydrogens is 174 g/mol. The standard InChI is InChI=1S/C12H25NO/c1-10(2)9-14-7-6-11(3)8-13-12-4-5-12/h10-13H,4-9H2,1-3H3. The maximum atomic E-state index is 5.56. The molecule has 0 aromatic heterocycles. The highest BCUT2D eigenvalue weighted by atomic mass is 16.5. The van der Waals surface area contributed by atoms with Crippen LogP contribution in [0.3, 0.4) is 0 Å². The van der Waals surface area contributed by atoms with E-state index in [0.29, 0.717) is 5.92 Å². The zero-order valence-corrected chi connectivity index (χ0v) is 9.88. The molecule has 14 heavy (non-hydrogen) atoms. The molecule has 1 N–H and O–H groups in total. The fraction of sp³-hybridized carbons (Fsp3) is 1.00. The topological polar surface area (TPSA) is 21.3 Å². The third-order valence-corrected chi connectivity index (χ3v) is 2.54. The average Bonchev–Trinajstić information content (AvgIpc) is 2.92. The zero-order valence-electron chi connectivity index (χ0n) is 9.88. The maximum absolute atomic E-state index is 5.56. The van der Waals surface area contributed by atoms with Gasteiger partial charge in [0.2, 0.25) is 0 Å². The Labute approximate surface area is 88.4 Å². The van der Waals surface area contributed by atoms with Crippen LogP contribution in [-0.2, 0) is 4.74 Å². The minimum Gasteiger partial charge on any atom is -0.381 e. The Morgan fingerprint density at radius 1 is 1.29 bits per heavy atom. The van der Waals surface area contributed by atoms with E-state index in [1.807, 2.05) is 0 Å². The molecule has 0 radical (unpaired) electrons. The van der Waals surface area contributed by atoms with E-state index < -0.39 is 0 Å². The van der Waals surface area contributed by atoms with E-state index in [0.717, 1.165) is 31.7 Å². The Morgan fingerprint density at radius 2 is 2.00 bits per heavy atom. The van der Waals surface area contributed by atoms with Crippen LogP contribution in [0, 0.1) is 11.8 Å². The van der Waals surface area contributed by atoms with Crippen molar-refractivity contribution in [1.82, 2.24) is 5.32 Å². The van der Waals surface area contributed by atoms with Gasteiger partial charge >= 0.3 is 0 Å². The van der Waals surface area contributed by atoms with Gasteiger partial charge in [-0.25, -0.2) is 0 Å². The van der Waals surface area contributed by atoms with Crippen molar-refractivity contribution in [3.8, 4) is 0 Å². The minimum atomic E-state index is 0.662. The molecule has 1 aliphatic rings. The Hall–Kier alpha value is -0.0800. The van der Waals surface area contributed by atoms with E-state index in [4.69, 9.17) is 4.74 Å². The second-order valence-corrected chi connectivity index (χ2v) is 5.05. The predicted molar refractivity (Wildman–Crippen MR) is 60.5 cm³/mol. The van der Waals surface area contributed by atoms with Gasteiger partial charge in [0.25, 0.3) is 0 Å². The molecule has 0 aliphatic heterocycles. The van der Waals surface area contributed by atoms with Crippen molar-refractivity contribution in [1.29, 1.82) is 0 Å². The van der Waals surface area contributed by atoms with Crippen molar-refractivity contribution >= 4 is 0 Å². The molecule has 1 fully saturated rings. The quantitative estimate of drug-likeness (QED) is 0.606. The largest absolute Gasteiger partial charge is 0.381 e. The second kappa shape index (κ2) is 6.41. The molecule has 0 aromatic carbocycles. The van der Waals surface area contributed by atoms with Gasteiger partial charge in [-0.1, -0.05) is 20.8 Å². The molecule has 0 spiro atoms. The van der Waals surface area contributed by atoms with Crippen LogP contribution in [0.2, 0.25) is 0 Å². The number of hydrogen-bond acceptors (Lipinski definition) is 2. The summed E-state index contributed by atoms with van der Waals surface area (Å²) in [5.74, 6) is 1.41. The first-order valence-corrected chi connectivity index (χ1v) is 5.99. The Kier molecular flexibility index (Phi) is 5.49. The van der Waals surface area contributed by atoms with Crippen molar-refractivity contribution in [2.75, 3.05) is 19.8 Å². The fourth-order valence-corrected chi connectivity index (χ4v) is 1.36. The number of nitrogens with one attached hydrogen (secondary N) is 1. The summed E-state index contributed by atoms with van der Waals surface area (Å²) in [7, 11) is 0. The molecule has 1 aliphatic carbocycles. The molecule has 0 saturated heterocycles. The van der Waals surface area contributed by atoms with E-state index in [9.17, 15) is 0 Å². The van der Waals surface area contributed by atoms with Crippen molar-refractivity contribution in [2.24, 2.45) is 11.8 Å². The van der Waals surface area contributed by atoms with Crippen LogP contribution < -0.4 is 5.32 Å². The normalized spacial score (nSPS) is 18.9. The molecule has 2 heteroatoms. The van der Waals surface area contributed by atoms with Gasteiger partial charge in [-0.05, 0) is 37.6 Å². The molecule has 0 heterocycles. The SMILES string of the molecule is CC(C)COCCC(C)CNC1CC1. The lowest BCUT2D eigenvalue weighted by Gasteiger charge is -2.13. The molecule has 0 amide bonds. The maximum Gasteiger partial charge on any atom is 0.0488 e. The van der Waals surface area contributed by atoms with E-state index in [1.165, 1.54) is 19.3 Å². The molecule has 0 bridgehead atoms. The van der Waals surface area contributed by atoms with Crippen LogP contribution in [-0.4, -0.2) is 25.8 Å². The first-order valence-electron chi connectivity index (χ1n) is 5.99. The summed E-state index contributed by atoms with van der Waals surface area (Å²) in [4.78, 5) is 0. The highest BCUT2D eigenvalue weighted by molar-refractivity contribution is 4.81. The molecule has 1 unspecified atom stereocenters. The molecular formula is C12H25NO. The van der Waals surface area contributed by atoms with Gasteiger partial charge in [0, 0.05) is 19.3 Å². The molecule has 84 valence electrons. The lowest BCUT2D eigenvalue weighted by Crippen LogP contribution is -2.24. The van der Waals surface area contributed by atoms with Gasteiger partial charge in [0.05, 0.1) is 0 Å². The van der Waals surface area contributed by atoms with Gasteiger partial charge < -0.3 is 10.1 Å². The van der Waals surface area contributed by atoms with Gasteiger partial charge in [-0.2, -0.15) is 0 Å². The summed E-state index contributed by atoms with van der Waals surface area (Å²) in [5.41, 5.74) is 0. The van der Waals surface area contributed by atoms with Crippen LogP contribution in [0.5, 0.6) is 0 Å². The van der Waals surface area contributed by atoms with Gasteiger partial charge in [0.1, 0.15) is 0 Å². The fourth-order valence-electron chi connectivity index (χ4n) is 1.36. The van der Waals surface area contributed by atoms with Crippen LogP contribution in [0.25, 0.3) is 0 Å². The zero-order chi connectivity index (χ0) is 10.4. The summed E-state index contributed by atoms with van der Waals surface area (Å²) < 4.78 is 5.56. The molecule has 1 atom stereocenters. The minimum absolute atomic E-state index is 0.662. The first kappa shape index (κ1) is 12.0. The predicted octanol–water partition coefficient (Wildman–Crippen LogP) is 2.44. The molecule has 0 aromatic rings. The van der Waals surface area contributed by atoms with E-state index >= 15 is 0 Å². The highest BCUT2D eigenvalue weighted by Gasteiger charge is 2.20. The van der Waals surface area contributed by atoms with Gasteiger partial charge in [-0.3, -0.25) is 0 Å². The average molecular weight is 199 g/mol. The second-order valence-electron chi connectivity index (χ2n) is 5.05. The van der Waals surface area contributed by atoms with Gasteiger partial charge in [-0.15, -0.1) is 0 Å². The molecule has 1 saturated carbocycles. The summed E-state index contributed by atoms with van der Waals surface area (Å²) in [6, 6.07) is 0.842. The number of hydrogen-bond donors (Lipinski definition) is 1. The van der Waals surface area contributed by atoms with Crippen LogP contribution >= 0.6 is 0 Å². The van der Waals surface area contributed by atoms with Crippen molar-refractivity contribution in [3.63, 3.8) is 0 Å². The van der Waals surface area contributed by atoms with E-state index in [1.54, 1.807) is 0 Å². The lowest BCUT2D eigenvalue weighted by molar-refractivity contribution is 0.0992. The summed E-state index contributed by atoms with van der Waals surface area (Å²) in [6.07, 6.45) is 3.96. The van der Waals surface area contributed by atoms with Crippen molar-refractivity contribution in [3.05, 3.63) is 0 Å². The van der Waals surface area contributed by atoms with Crippen LogP contribution in [0.15, 0.2) is 0 Å². The lowest BCUT2D eigenvalue weighted by atomic mass is 10.1. The third kappa shape index (κ3) is 6.39. The molecule has 1 rings (SSSR count). The Balaban J connectivity index is 1.83. The monoisotopic (exact) mass is 199 g/mol. The highest BCUT2D eigenvalue weighted by Crippen LogP contribution is 2.19.